The molecule has 110 valence electrons. The summed E-state index contributed by atoms with van der Waals surface area (Å²) >= 11 is 0. The minimum atomic E-state index is -3.46. The Bertz CT molecular complexity index is 577. The molecule has 0 aliphatic heterocycles. The van der Waals surface area contributed by atoms with Crippen molar-refractivity contribution in [2.24, 2.45) is 5.92 Å². The summed E-state index contributed by atoms with van der Waals surface area (Å²) in [4.78, 5) is 12.2. The Morgan fingerprint density at radius 1 is 1.30 bits per heavy atom. The Kier molecular flexibility index (Phi) is 4.45. The maximum atomic E-state index is 12.0. The molecule has 2 rings (SSSR count). The lowest BCUT2D eigenvalue weighted by Crippen LogP contribution is -2.34. The maximum absolute atomic E-state index is 12.0. The molecule has 1 atom stereocenters. The molecule has 5 nitrogen and oxygen atoms in total. The third kappa shape index (κ3) is 3.58. The summed E-state index contributed by atoms with van der Waals surface area (Å²) in [5.41, 5.74) is 0.480. The molecule has 1 aliphatic carbocycles. The first-order valence-electron chi connectivity index (χ1n) is 6.84. The minimum absolute atomic E-state index is 0.156. The van der Waals surface area contributed by atoms with Crippen LogP contribution < -0.4 is 10.0 Å². The summed E-state index contributed by atoms with van der Waals surface area (Å²) in [5.74, 6) is 0.434. The van der Waals surface area contributed by atoms with Crippen LogP contribution in [0.15, 0.2) is 29.2 Å². The van der Waals surface area contributed by atoms with Crippen LogP contribution in [0.4, 0.5) is 0 Å². The SMILES string of the molecule is CCNS(=O)(=O)c1ccc(C(=O)NC(C)C2CC2)cc1. The first-order valence-corrected chi connectivity index (χ1v) is 8.33. The van der Waals surface area contributed by atoms with Crippen LogP contribution in [0.25, 0.3) is 0 Å². The predicted molar refractivity (Wildman–Crippen MR) is 77.0 cm³/mol. The molecule has 2 N–H and O–H groups in total. The van der Waals surface area contributed by atoms with E-state index < -0.39 is 10.0 Å². The number of rotatable bonds is 6. The van der Waals surface area contributed by atoms with Crippen LogP contribution in [0.3, 0.4) is 0 Å². The highest BCUT2D eigenvalue weighted by atomic mass is 32.2. The molecule has 1 saturated carbocycles. The largest absolute Gasteiger partial charge is 0.349 e. The predicted octanol–water partition coefficient (Wildman–Crippen LogP) is 1.51. The van der Waals surface area contributed by atoms with Gasteiger partial charge in [-0.2, -0.15) is 0 Å². The van der Waals surface area contributed by atoms with E-state index in [1.165, 1.54) is 25.0 Å². The molecule has 1 aliphatic rings. The van der Waals surface area contributed by atoms with Gasteiger partial charge in [0, 0.05) is 18.2 Å². The van der Waals surface area contributed by atoms with Gasteiger partial charge in [0.15, 0.2) is 0 Å². The number of carbonyl (C=O) groups excluding carboxylic acids is 1. The molecule has 1 unspecified atom stereocenters. The summed E-state index contributed by atoms with van der Waals surface area (Å²) in [6.45, 7) is 4.06. The smallest absolute Gasteiger partial charge is 0.251 e. The summed E-state index contributed by atoms with van der Waals surface area (Å²) in [6, 6.07) is 6.16. The second-order valence-electron chi connectivity index (χ2n) is 5.13. The van der Waals surface area contributed by atoms with E-state index in [1.54, 1.807) is 19.1 Å². The van der Waals surface area contributed by atoms with Crippen LogP contribution in [-0.4, -0.2) is 26.9 Å². The molecule has 0 aromatic heterocycles. The quantitative estimate of drug-likeness (QED) is 0.835. The highest BCUT2D eigenvalue weighted by molar-refractivity contribution is 7.89. The molecule has 0 spiro atoms. The van der Waals surface area contributed by atoms with Crippen LogP contribution >= 0.6 is 0 Å². The van der Waals surface area contributed by atoms with Crippen molar-refractivity contribution in [3.8, 4) is 0 Å². The van der Waals surface area contributed by atoms with E-state index in [0.717, 1.165) is 0 Å². The molecule has 1 amide bonds. The third-order valence-corrected chi connectivity index (χ3v) is 5.01. The van der Waals surface area contributed by atoms with Crippen LogP contribution in [0.5, 0.6) is 0 Å². The number of carbonyl (C=O) groups is 1. The summed E-state index contributed by atoms with van der Waals surface area (Å²) in [5, 5.41) is 2.94. The molecular weight excluding hydrogens is 276 g/mol. The lowest BCUT2D eigenvalue weighted by molar-refractivity contribution is 0.0935. The van der Waals surface area contributed by atoms with Crippen LogP contribution in [0, 0.1) is 5.92 Å². The molecule has 1 fully saturated rings. The first-order chi connectivity index (χ1) is 9.44. The lowest BCUT2D eigenvalue weighted by Gasteiger charge is -2.13. The fourth-order valence-corrected chi connectivity index (χ4v) is 3.10. The van der Waals surface area contributed by atoms with Crippen molar-refractivity contribution in [2.45, 2.75) is 37.6 Å². The zero-order chi connectivity index (χ0) is 14.8. The van der Waals surface area contributed by atoms with Crippen LogP contribution in [0.2, 0.25) is 0 Å². The molecular formula is C14H20N2O3S. The van der Waals surface area contributed by atoms with E-state index in [9.17, 15) is 13.2 Å². The topological polar surface area (TPSA) is 75.3 Å². The monoisotopic (exact) mass is 296 g/mol. The summed E-state index contributed by atoms with van der Waals surface area (Å²) in [6.07, 6.45) is 2.34. The molecule has 0 saturated heterocycles. The molecule has 0 bridgehead atoms. The number of sulfonamides is 1. The summed E-state index contributed by atoms with van der Waals surface area (Å²) in [7, 11) is -3.46. The van der Waals surface area contributed by atoms with Crippen LogP contribution in [0.1, 0.15) is 37.0 Å². The van der Waals surface area contributed by atoms with Crippen molar-refractivity contribution < 1.29 is 13.2 Å². The van der Waals surface area contributed by atoms with E-state index in [-0.39, 0.29) is 16.8 Å². The Morgan fingerprint density at radius 3 is 2.40 bits per heavy atom. The van der Waals surface area contributed by atoms with Gasteiger partial charge in [0.2, 0.25) is 10.0 Å². The van der Waals surface area contributed by atoms with Gasteiger partial charge in [-0.1, -0.05) is 6.92 Å². The number of nitrogens with one attached hydrogen (secondary N) is 2. The summed E-state index contributed by atoms with van der Waals surface area (Å²) < 4.78 is 26.0. The standard InChI is InChI=1S/C14H20N2O3S/c1-3-15-20(18,19)13-8-6-12(7-9-13)14(17)16-10(2)11-4-5-11/h6-11,15H,3-5H2,1-2H3,(H,16,17). The zero-order valence-electron chi connectivity index (χ0n) is 11.7. The van der Waals surface area contributed by atoms with E-state index in [1.807, 2.05) is 6.92 Å². The average Bonchev–Trinajstić information content (AvgIpc) is 3.23. The number of hydrogen-bond donors (Lipinski definition) is 2. The second kappa shape index (κ2) is 5.93. The highest BCUT2D eigenvalue weighted by Gasteiger charge is 2.29. The van der Waals surface area contributed by atoms with Gasteiger partial charge in [-0.25, -0.2) is 13.1 Å². The molecule has 20 heavy (non-hydrogen) atoms. The van der Waals surface area contributed by atoms with Crippen molar-refractivity contribution in [1.82, 2.24) is 10.0 Å². The van der Waals surface area contributed by atoms with Gasteiger partial charge in [-0.15, -0.1) is 0 Å². The average molecular weight is 296 g/mol. The Balaban J connectivity index is 2.05. The lowest BCUT2D eigenvalue weighted by atomic mass is 10.1. The van der Waals surface area contributed by atoms with E-state index >= 15 is 0 Å². The van der Waals surface area contributed by atoms with Crippen molar-refractivity contribution in [1.29, 1.82) is 0 Å². The van der Waals surface area contributed by atoms with Gasteiger partial charge in [0.1, 0.15) is 0 Å². The highest BCUT2D eigenvalue weighted by Crippen LogP contribution is 2.32. The number of hydrogen-bond acceptors (Lipinski definition) is 3. The normalized spacial score (nSPS) is 16.7. The van der Waals surface area contributed by atoms with E-state index in [0.29, 0.717) is 18.0 Å². The number of benzene rings is 1. The maximum Gasteiger partial charge on any atom is 0.251 e. The molecule has 0 heterocycles. The van der Waals surface area contributed by atoms with Gasteiger partial charge in [-0.3, -0.25) is 4.79 Å². The van der Waals surface area contributed by atoms with Gasteiger partial charge >= 0.3 is 0 Å². The third-order valence-electron chi connectivity index (χ3n) is 3.45. The zero-order valence-corrected chi connectivity index (χ0v) is 12.5. The van der Waals surface area contributed by atoms with Crippen molar-refractivity contribution in [2.75, 3.05) is 6.54 Å². The van der Waals surface area contributed by atoms with E-state index in [4.69, 9.17) is 0 Å². The van der Waals surface area contributed by atoms with E-state index in [2.05, 4.69) is 10.0 Å². The van der Waals surface area contributed by atoms with Gasteiger partial charge in [0.25, 0.3) is 5.91 Å². The molecule has 6 heteroatoms. The Labute approximate surface area is 119 Å². The molecule has 1 aromatic rings. The molecule has 0 radical (unpaired) electrons. The minimum Gasteiger partial charge on any atom is -0.349 e. The van der Waals surface area contributed by atoms with Crippen LogP contribution in [-0.2, 0) is 10.0 Å². The van der Waals surface area contributed by atoms with Crippen molar-refractivity contribution in [3.05, 3.63) is 29.8 Å². The van der Waals surface area contributed by atoms with Crippen molar-refractivity contribution >= 4 is 15.9 Å². The van der Waals surface area contributed by atoms with Gasteiger partial charge in [0.05, 0.1) is 4.90 Å². The fraction of sp³-hybridized carbons (Fsp3) is 0.500. The van der Waals surface area contributed by atoms with Gasteiger partial charge in [-0.05, 0) is 49.9 Å². The van der Waals surface area contributed by atoms with Gasteiger partial charge < -0.3 is 5.32 Å². The number of amides is 1. The fourth-order valence-electron chi connectivity index (χ4n) is 2.06. The van der Waals surface area contributed by atoms with Crippen molar-refractivity contribution in [3.63, 3.8) is 0 Å². The first kappa shape index (κ1) is 15.0. The molecule has 1 aromatic carbocycles. The Morgan fingerprint density at radius 2 is 1.90 bits per heavy atom. The second-order valence-corrected chi connectivity index (χ2v) is 6.89. The Hall–Kier alpha value is -1.40.